The highest BCUT2D eigenvalue weighted by Crippen LogP contribution is 2.15. The van der Waals surface area contributed by atoms with E-state index >= 15 is 0 Å². The van der Waals surface area contributed by atoms with Gasteiger partial charge in [0.25, 0.3) is 0 Å². The van der Waals surface area contributed by atoms with Crippen molar-refractivity contribution in [1.82, 2.24) is 20.8 Å². The fourth-order valence-corrected chi connectivity index (χ4v) is 2.15. The van der Waals surface area contributed by atoms with Gasteiger partial charge in [0.2, 0.25) is 5.89 Å². The Morgan fingerprint density at radius 1 is 1.33 bits per heavy atom. The van der Waals surface area contributed by atoms with Crippen LogP contribution >= 0.6 is 24.0 Å². The van der Waals surface area contributed by atoms with Crippen LogP contribution < -0.4 is 10.6 Å². The molecule has 0 aliphatic heterocycles. The summed E-state index contributed by atoms with van der Waals surface area (Å²) in [6, 6.07) is 4.00. The third-order valence-electron chi connectivity index (χ3n) is 3.27. The molecule has 0 aromatic carbocycles. The SMILES string of the molecule is CCNC(=NCCCc1nc(C)no1)NC(C)c1ccc(C)o1.I. The molecule has 0 fully saturated rings. The van der Waals surface area contributed by atoms with E-state index in [9.17, 15) is 0 Å². The Balaban J connectivity index is 0.00000288. The Bertz CT molecular complexity index is 638. The lowest BCUT2D eigenvalue weighted by Crippen LogP contribution is -2.38. The lowest BCUT2D eigenvalue weighted by Gasteiger charge is -2.16. The molecular formula is C16H26IN5O2. The fraction of sp³-hybridized carbons (Fsp3) is 0.562. The van der Waals surface area contributed by atoms with E-state index in [4.69, 9.17) is 8.94 Å². The van der Waals surface area contributed by atoms with E-state index in [-0.39, 0.29) is 30.0 Å². The van der Waals surface area contributed by atoms with E-state index in [1.807, 2.05) is 39.8 Å². The molecule has 8 heteroatoms. The first-order valence-electron chi connectivity index (χ1n) is 7.99. The smallest absolute Gasteiger partial charge is 0.226 e. The number of guanidine groups is 1. The molecule has 0 radical (unpaired) electrons. The molecule has 2 rings (SSSR count). The van der Waals surface area contributed by atoms with Gasteiger partial charge in [0.05, 0.1) is 6.04 Å². The van der Waals surface area contributed by atoms with Crippen molar-refractivity contribution in [2.45, 2.75) is 46.6 Å². The molecule has 2 N–H and O–H groups in total. The van der Waals surface area contributed by atoms with Crippen LogP contribution in [-0.4, -0.2) is 29.2 Å². The average Bonchev–Trinajstić information content (AvgIpc) is 3.12. The third-order valence-corrected chi connectivity index (χ3v) is 3.27. The normalized spacial score (nSPS) is 12.6. The molecule has 24 heavy (non-hydrogen) atoms. The summed E-state index contributed by atoms with van der Waals surface area (Å²) in [6.07, 6.45) is 1.59. The number of rotatable bonds is 7. The highest BCUT2D eigenvalue weighted by molar-refractivity contribution is 14.0. The molecule has 0 amide bonds. The first-order chi connectivity index (χ1) is 11.1. The number of nitrogens with one attached hydrogen (secondary N) is 2. The van der Waals surface area contributed by atoms with Crippen molar-refractivity contribution in [2.24, 2.45) is 4.99 Å². The van der Waals surface area contributed by atoms with Gasteiger partial charge >= 0.3 is 0 Å². The van der Waals surface area contributed by atoms with Crippen molar-refractivity contribution < 1.29 is 8.94 Å². The van der Waals surface area contributed by atoms with Crippen LogP contribution in [0.15, 0.2) is 26.1 Å². The maximum absolute atomic E-state index is 5.64. The van der Waals surface area contributed by atoms with Gasteiger partial charge < -0.3 is 19.6 Å². The van der Waals surface area contributed by atoms with E-state index in [0.29, 0.717) is 18.3 Å². The van der Waals surface area contributed by atoms with Gasteiger partial charge in [-0.05, 0) is 46.2 Å². The molecule has 2 aromatic rings. The minimum absolute atomic E-state index is 0. The van der Waals surface area contributed by atoms with Crippen LogP contribution in [0.25, 0.3) is 0 Å². The molecule has 134 valence electrons. The predicted octanol–water partition coefficient (Wildman–Crippen LogP) is 3.15. The second-order valence-electron chi connectivity index (χ2n) is 5.41. The number of nitrogens with zero attached hydrogens (tertiary/aromatic N) is 3. The van der Waals surface area contributed by atoms with Crippen molar-refractivity contribution in [3.05, 3.63) is 35.4 Å². The van der Waals surface area contributed by atoms with E-state index in [0.717, 1.165) is 36.9 Å². The number of hydrogen-bond acceptors (Lipinski definition) is 5. The van der Waals surface area contributed by atoms with Gasteiger partial charge in [-0.25, -0.2) is 0 Å². The van der Waals surface area contributed by atoms with E-state index in [1.54, 1.807) is 0 Å². The fourth-order valence-electron chi connectivity index (χ4n) is 2.15. The number of aromatic nitrogens is 2. The van der Waals surface area contributed by atoms with Crippen molar-refractivity contribution in [3.63, 3.8) is 0 Å². The van der Waals surface area contributed by atoms with Crippen molar-refractivity contribution in [1.29, 1.82) is 0 Å². The summed E-state index contributed by atoms with van der Waals surface area (Å²) in [4.78, 5) is 8.75. The van der Waals surface area contributed by atoms with Crippen LogP contribution in [0, 0.1) is 13.8 Å². The molecule has 0 saturated heterocycles. The van der Waals surface area contributed by atoms with Crippen LogP contribution in [0.1, 0.15) is 49.5 Å². The molecule has 1 unspecified atom stereocenters. The van der Waals surface area contributed by atoms with E-state index < -0.39 is 0 Å². The number of aliphatic imine (C=N–C) groups is 1. The quantitative estimate of drug-likeness (QED) is 0.294. The van der Waals surface area contributed by atoms with Crippen LogP contribution in [0.3, 0.4) is 0 Å². The molecule has 1 atom stereocenters. The summed E-state index contributed by atoms with van der Waals surface area (Å²) in [5.74, 6) is 3.91. The maximum atomic E-state index is 5.64. The van der Waals surface area contributed by atoms with Crippen LogP contribution in [0.4, 0.5) is 0 Å². The predicted molar refractivity (Wildman–Crippen MR) is 104 cm³/mol. The molecule has 0 aliphatic carbocycles. The summed E-state index contributed by atoms with van der Waals surface area (Å²) in [6.45, 7) is 9.33. The first kappa shape index (κ1) is 20.5. The summed E-state index contributed by atoms with van der Waals surface area (Å²) in [7, 11) is 0. The Morgan fingerprint density at radius 3 is 2.71 bits per heavy atom. The number of aryl methyl sites for hydroxylation is 3. The topological polar surface area (TPSA) is 88.5 Å². The van der Waals surface area contributed by atoms with Crippen molar-refractivity contribution in [2.75, 3.05) is 13.1 Å². The zero-order chi connectivity index (χ0) is 16.7. The van der Waals surface area contributed by atoms with Gasteiger partial charge in [-0.3, -0.25) is 4.99 Å². The van der Waals surface area contributed by atoms with Crippen LogP contribution in [0.5, 0.6) is 0 Å². The third kappa shape index (κ3) is 6.50. The van der Waals surface area contributed by atoms with Gasteiger partial charge in [-0.15, -0.1) is 24.0 Å². The van der Waals surface area contributed by atoms with E-state index in [1.165, 1.54) is 0 Å². The number of hydrogen-bond donors (Lipinski definition) is 2. The monoisotopic (exact) mass is 447 g/mol. The molecule has 0 spiro atoms. The van der Waals surface area contributed by atoms with Gasteiger partial charge in [0, 0.05) is 19.5 Å². The summed E-state index contributed by atoms with van der Waals surface area (Å²) in [5.41, 5.74) is 0. The largest absolute Gasteiger partial charge is 0.464 e. The Labute approximate surface area is 159 Å². The maximum Gasteiger partial charge on any atom is 0.226 e. The molecule has 0 bridgehead atoms. The van der Waals surface area contributed by atoms with Gasteiger partial charge in [-0.2, -0.15) is 4.98 Å². The zero-order valence-corrected chi connectivity index (χ0v) is 17.0. The second-order valence-corrected chi connectivity index (χ2v) is 5.41. The first-order valence-corrected chi connectivity index (χ1v) is 7.99. The van der Waals surface area contributed by atoms with Crippen molar-refractivity contribution >= 4 is 29.9 Å². The van der Waals surface area contributed by atoms with Gasteiger partial charge in [0.15, 0.2) is 11.8 Å². The molecule has 0 saturated carbocycles. The lowest BCUT2D eigenvalue weighted by atomic mass is 10.2. The molecule has 2 aromatic heterocycles. The minimum atomic E-state index is 0. The van der Waals surface area contributed by atoms with Gasteiger partial charge in [-0.1, -0.05) is 5.16 Å². The number of halogens is 1. The Morgan fingerprint density at radius 2 is 2.12 bits per heavy atom. The zero-order valence-electron chi connectivity index (χ0n) is 14.6. The molecular weight excluding hydrogens is 421 g/mol. The standard InChI is InChI=1S/C16H25N5O2.HI/c1-5-17-16(19-12(3)14-9-8-11(2)22-14)18-10-6-7-15-20-13(4)21-23-15;/h8-9,12H,5-7,10H2,1-4H3,(H2,17,18,19);1H. The van der Waals surface area contributed by atoms with E-state index in [2.05, 4.69) is 25.8 Å². The lowest BCUT2D eigenvalue weighted by molar-refractivity contribution is 0.372. The summed E-state index contributed by atoms with van der Waals surface area (Å²) < 4.78 is 10.7. The Kier molecular flexibility index (Phi) is 8.80. The molecule has 2 heterocycles. The molecule has 7 nitrogen and oxygen atoms in total. The molecule has 0 aliphatic rings. The van der Waals surface area contributed by atoms with Crippen LogP contribution in [0.2, 0.25) is 0 Å². The summed E-state index contributed by atoms with van der Waals surface area (Å²) in [5, 5.41) is 10.4. The summed E-state index contributed by atoms with van der Waals surface area (Å²) >= 11 is 0. The highest BCUT2D eigenvalue weighted by Gasteiger charge is 2.11. The van der Waals surface area contributed by atoms with Crippen LogP contribution in [-0.2, 0) is 6.42 Å². The minimum Gasteiger partial charge on any atom is -0.464 e. The highest BCUT2D eigenvalue weighted by atomic mass is 127. The second kappa shape index (κ2) is 10.3. The number of furan rings is 1. The average molecular weight is 447 g/mol. The van der Waals surface area contributed by atoms with Gasteiger partial charge in [0.1, 0.15) is 11.5 Å². The Hall–Kier alpha value is -1.58. The van der Waals surface area contributed by atoms with Crippen molar-refractivity contribution in [3.8, 4) is 0 Å².